The zero-order chi connectivity index (χ0) is 15.1. The number of methoxy groups -OCH3 is 1. The van der Waals surface area contributed by atoms with Crippen LogP contribution < -0.4 is 0 Å². The van der Waals surface area contributed by atoms with Gasteiger partial charge in [-0.05, 0) is 5.56 Å². The second-order valence-corrected chi connectivity index (χ2v) is 4.88. The second kappa shape index (κ2) is 7.79. The summed E-state index contributed by atoms with van der Waals surface area (Å²) in [5.41, 5.74) is 1.15. The normalized spacial score (nSPS) is 19.9. The first kappa shape index (κ1) is 15.5. The lowest BCUT2D eigenvalue weighted by Gasteiger charge is -2.27. The van der Waals surface area contributed by atoms with E-state index in [1.54, 1.807) is 7.11 Å². The van der Waals surface area contributed by atoms with Crippen LogP contribution in [-0.2, 0) is 14.2 Å². The van der Waals surface area contributed by atoms with Crippen LogP contribution in [0.2, 0.25) is 0 Å². The molecule has 0 aliphatic carbocycles. The maximum atomic E-state index is 9.45. The van der Waals surface area contributed by atoms with E-state index in [0.717, 1.165) is 5.56 Å². The van der Waals surface area contributed by atoms with Crippen molar-refractivity contribution in [2.24, 2.45) is 0 Å². The fraction of sp³-hybridized carbons (Fsp3) is 0.438. The lowest BCUT2D eigenvalue weighted by atomic mass is 10.0. The highest BCUT2D eigenvalue weighted by molar-refractivity contribution is 5.21. The van der Waals surface area contributed by atoms with Crippen molar-refractivity contribution in [1.82, 2.24) is 4.90 Å². The highest BCUT2D eigenvalue weighted by atomic mass is 16.7. The molecular formula is C16H20N2O3. The number of hydrogen-bond donors (Lipinski definition) is 0. The van der Waals surface area contributed by atoms with Crippen molar-refractivity contribution >= 4 is 0 Å². The summed E-state index contributed by atoms with van der Waals surface area (Å²) < 4.78 is 15.7. The predicted octanol–water partition coefficient (Wildman–Crippen LogP) is 2.43. The van der Waals surface area contributed by atoms with Crippen molar-refractivity contribution in [3.05, 3.63) is 48.2 Å². The van der Waals surface area contributed by atoms with Gasteiger partial charge in [0.1, 0.15) is 12.8 Å². The zero-order valence-corrected chi connectivity index (χ0v) is 12.2. The molecule has 2 rings (SSSR count). The Bertz CT molecular complexity index is 498. The molecule has 5 heteroatoms. The molecule has 0 spiro atoms. The lowest BCUT2D eigenvalue weighted by Crippen LogP contribution is -2.35. The van der Waals surface area contributed by atoms with Crippen molar-refractivity contribution in [3.63, 3.8) is 0 Å². The molecule has 1 fully saturated rings. The third-order valence-corrected chi connectivity index (χ3v) is 3.45. The van der Waals surface area contributed by atoms with Crippen molar-refractivity contribution in [1.29, 1.82) is 5.26 Å². The molecular weight excluding hydrogens is 268 g/mol. The average molecular weight is 288 g/mol. The van der Waals surface area contributed by atoms with E-state index < -0.39 is 0 Å². The van der Waals surface area contributed by atoms with Gasteiger partial charge in [0, 0.05) is 13.5 Å². The Labute approximate surface area is 125 Å². The van der Waals surface area contributed by atoms with E-state index in [4.69, 9.17) is 14.2 Å². The van der Waals surface area contributed by atoms with E-state index in [1.165, 1.54) is 0 Å². The number of benzene rings is 1. The fourth-order valence-corrected chi connectivity index (χ4v) is 2.38. The van der Waals surface area contributed by atoms with Gasteiger partial charge in [-0.25, -0.2) is 0 Å². The van der Waals surface area contributed by atoms with Gasteiger partial charge < -0.3 is 14.2 Å². The Morgan fingerprint density at radius 1 is 1.52 bits per heavy atom. The van der Waals surface area contributed by atoms with Crippen LogP contribution in [0.25, 0.3) is 0 Å². The first-order valence-corrected chi connectivity index (χ1v) is 6.83. The van der Waals surface area contributed by atoms with Gasteiger partial charge >= 0.3 is 0 Å². The number of hydrogen-bond acceptors (Lipinski definition) is 5. The van der Waals surface area contributed by atoms with E-state index in [0.29, 0.717) is 25.5 Å². The minimum Gasteiger partial charge on any atom is -0.472 e. The highest BCUT2D eigenvalue weighted by Crippen LogP contribution is 2.29. The van der Waals surface area contributed by atoms with Gasteiger partial charge in [0.05, 0.1) is 24.5 Å². The maximum Gasteiger partial charge on any atom is 0.188 e. The molecule has 0 unspecified atom stereocenters. The van der Waals surface area contributed by atoms with Crippen LogP contribution >= 0.6 is 0 Å². The molecule has 1 aromatic rings. The monoisotopic (exact) mass is 288 g/mol. The predicted molar refractivity (Wildman–Crippen MR) is 78.0 cm³/mol. The Morgan fingerprint density at radius 2 is 2.29 bits per heavy atom. The first-order chi connectivity index (χ1) is 10.3. The van der Waals surface area contributed by atoms with E-state index >= 15 is 0 Å². The Balaban J connectivity index is 2.03. The van der Waals surface area contributed by atoms with Crippen molar-refractivity contribution in [3.8, 4) is 6.07 Å². The molecule has 1 saturated heterocycles. The maximum absolute atomic E-state index is 9.45. The second-order valence-electron chi connectivity index (χ2n) is 4.88. The van der Waals surface area contributed by atoms with Crippen LogP contribution in [-0.4, -0.2) is 38.2 Å². The van der Waals surface area contributed by atoms with E-state index in [1.807, 2.05) is 23.1 Å². The molecule has 0 N–H and O–H groups in total. The van der Waals surface area contributed by atoms with E-state index in [9.17, 15) is 5.26 Å². The molecule has 0 amide bonds. The third kappa shape index (κ3) is 4.05. The SMILES string of the molecule is C=C(C[C@@H](C#N)N1COC[C@H]1c1ccccc1)OCOC. The summed E-state index contributed by atoms with van der Waals surface area (Å²) in [6.45, 7) is 5.01. The molecule has 1 aliphatic heterocycles. The van der Waals surface area contributed by atoms with Gasteiger partial charge in [-0.15, -0.1) is 0 Å². The van der Waals surface area contributed by atoms with Crippen molar-refractivity contribution < 1.29 is 14.2 Å². The summed E-state index contributed by atoms with van der Waals surface area (Å²) in [7, 11) is 1.55. The fourth-order valence-electron chi connectivity index (χ4n) is 2.38. The molecule has 0 bridgehead atoms. The van der Waals surface area contributed by atoms with Gasteiger partial charge in [-0.1, -0.05) is 36.9 Å². The number of ether oxygens (including phenoxy) is 3. The smallest absolute Gasteiger partial charge is 0.188 e. The largest absolute Gasteiger partial charge is 0.472 e. The number of rotatable bonds is 7. The summed E-state index contributed by atoms with van der Waals surface area (Å²) in [5.74, 6) is 0.544. The number of nitriles is 1. The summed E-state index contributed by atoms with van der Waals surface area (Å²) in [5, 5.41) is 9.45. The minimum atomic E-state index is -0.331. The van der Waals surface area contributed by atoms with Crippen molar-refractivity contribution in [2.45, 2.75) is 18.5 Å². The average Bonchev–Trinajstić information content (AvgIpc) is 3.00. The lowest BCUT2D eigenvalue weighted by molar-refractivity contribution is -0.000742. The molecule has 0 radical (unpaired) electrons. The summed E-state index contributed by atoms with van der Waals surface area (Å²) >= 11 is 0. The van der Waals surface area contributed by atoms with E-state index in [2.05, 4.69) is 24.8 Å². The first-order valence-electron chi connectivity index (χ1n) is 6.83. The van der Waals surface area contributed by atoms with Gasteiger partial charge in [0.2, 0.25) is 0 Å². The van der Waals surface area contributed by atoms with Crippen LogP contribution in [0.5, 0.6) is 0 Å². The Morgan fingerprint density at radius 3 is 2.95 bits per heavy atom. The molecule has 1 aliphatic rings. The standard InChI is InChI=1S/C16H20N2O3/c1-13(21-12-19-2)8-15(9-17)18-11-20-10-16(18)14-6-4-3-5-7-14/h3-7,15-16H,1,8,10-12H2,2H3/t15-,16-/m0/s1. The van der Waals surface area contributed by atoms with Crippen LogP contribution in [0.4, 0.5) is 0 Å². The number of nitrogens with zero attached hydrogens (tertiary/aromatic N) is 2. The summed E-state index contributed by atoms with van der Waals surface area (Å²) in [6, 6.07) is 12.1. The zero-order valence-electron chi connectivity index (χ0n) is 12.2. The highest BCUT2D eigenvalue weighted by Gasteiger charge is 2.33. The van der Waals surface area contributed by atoms with Gasteiger partial charge in [-0.3, -0.25) is 4.90 Å². The van der Waals surface area contributed by atoms with Crippen LogP contribution in [0.3, 0.4) is 0 Å². The Hall–Kier alpha value is -1.87. The summed E-state index contributed by atoms with van der Waals surface area (Å²) in [4.78, 5) is 2.04. The molecule has 0 saturated carbocycles. The molecule has 1 aromatic carbocycles. The molecule has 2 atom stereocenters. The van der Waals surface area contributed by atoms with Crippen molar-refractivity contribution in [2.75, 3.05) is 27.2 Å². The Kier molecular flexibility index (Phi) is 5.76. The van der Waals surface area contributed by atoms with Gasteiger partial charge in [-0.2, -0.15) is 5.26 Å². The van der Waals surface area contributed by atoms with Gasteiger partial charge in [0.15, 0.2) is 6.79 Å². The van der Waals surface area contributed by atoms with E-state index in [-0.39, 0.29) is 18.9 Å². The quantitative estimate of drug-likeness (QED) is 0.570. The van der Waals surface area contributed by atoms with Crippen LogP contribution in [0.15, 0.2) is 42.7 Å². The van der Waals surface area contributed by atoms with Crippen LogP contribution in [0.1, 0.15) is 18.0 Å². The van der Waals surface area contributed by atoms with Gasteiger partial charge in [0.25, 0.3) is 0 Å². The molecule has 0 aromatic heterocycles. The summed E-state index contributed by atoms with van der Waals surface area (Å²) in [6.07, 6.45) is 0.437. The minimum absolute atomic E-state index is 0.0890. The third-order valence-electron chi connectivity index (χ3n) is 3.45. The topological polar surface area (TPSA) is 54.7 Å². The molecule has 112 valence electrons. The molecule has 1 heterocycles. The van der Waals surface area contributed by atoms with Crippen LogP contribution in [0, 0.1) is 11.3 Å². The molecule has 21 heavy (non-hydrogen) atoms. The molecule has 5 nitrogen and oxygen atoms in total.